The first kappa shape index (κ1) is 19.2. The smallest absolute Gasteiger partial charge is 0.254 e. The van der Waals surface area contributed by atoms with Gasteiger partial charge in [-0.15, -0.1) is 0 Å². The quantitative estimate of drug-likeness (QED) is 0.840. The number of para-hydroxylation sites is 1. The van der Waals surface area contributed by atoms with Gasteiger partial charge in [-0.3, -0.25) is 14.4 Å². The Balaban J connectivity index is 1.71. The average Bonchev–Trinajstić information content (AvgIpc) is 2.89. The molecule has 1 heterocycles. The zero-order chi connectivity index (χ0) is 20.4. The lowest BCUT2D eigenvalue weighted by Crippen LogP contribution is -2.50. The number of nitrogens with two attached hydrogens (primary N) is 1. The van der Waals surface area contributed by atoms with E-state index in [4.69, 9.17) is 5.73 Å². The van der Waals surface area contributed by atoms with Gasteiger partial charge in [0.1, 0.15) is 6.04 Å². The Labute approximate surface area is 170 Å². The molecule has 2 aromatic carbocycles. The minimum Gasteiger partial charge on any atom is -0.366 e. The van der Waals surface area contributed by atoms with Crippen LogP contribution in [0.1, 0.15) is 58.4 Å². The first-order valence-corrected chi connectivity index (χ1v) is 10.1. The SMILES string of the molecule is NC(=O)c1ccc(C(=O)N2Cc3ccccc3NC(=O)C2C2CCCCC2)cc1. The minimum absolute atomic E-state index is 0.121. The molecule has 1 aliphatic heterocycles. The van der Waals surface area contributed by atoms with Gasteiger partial charge in [0, 0.05) is 23.4 Å². The first-order valence-electron chi connectivity index (χ1n) is 10.1. The highest BCUT2D eigenvalue weighted by Gasteiger charge is 2.39. The molecule has 2 aromatic rings. The predicted molar refractivity (Wildman–Crippen MR) is 110 cm³/mol. The molecule has 1 unspecified atom stereocenters. The van der Waals surface area contributed by atoms with Crippen LogP contribution >= 0.6 is 0 Å². The van der Waals surface area contributed by atoms with Crippen molar-refractivity contribution in [3.63, 3.8) is 0 Å². The number of benzene rings is 2. The third-order valence-electron chi connectivity index (χ3n) is 5.99. The molecule has 2 aliphatic rings. The number of amides is 3. The van der Waals surface area contributed by atoms with E-state index >= 15 is 0 Å². The maximum atomic E-state index is 13.5. The Bertz CT molecular complexity index is 933. The maximum absolute atomic E-state index is 13.5. The number of primary amides is 1. The van der Waals surface area contributed by atoms with Crippen molar-refractivity contribution in [2.45, 2.75) is 44.7 Å². The van der Waals surface area contributed by atoms with Crippen LogP contribution in [0.25, 0.3) is 0 Å². The Morgan fingerprint density at radius 3 is 2.28 bits per heavy atom. The normalized spacial score (nSPS) is 19.8. The topological polar surface area (TPSA) is 92.5 Å². The molecule has 1 fully saturated rings. The van der Waals surface area contributed by atoms with Crippen LogP contribution < -0.4 is 11.1 Å². The molecule has 0 spiro atoms. The van der Waals surface area contributed by atoms with E-state index in [0.29, 0.717) is 17.7 Å². The molecule has 3 N–H and O–H groups in total. The number of nitrogens with one attached hydrogen (secondary N) is 1. The van der Waals surface area contributed by atoms with Crippen LogP contribution in [-0.4, -0.2) is 28.7 Å². The van der Waals surface area contributed by atoms with Gasteiger partial charge >= 0.3 is 0 Å². The molecule has 3 amide bonds. The summed E-state index contributed by atoms with van der Waals surface area (Å²) < 4.78 is 0. The van der Waals surface area contributed by atoms with Crippen LogP contribution in [0.2, 0.25) is 0 Å². The van der Waals surface area contributed by atoms with E-state index in [-0.39, 0.29) is 17.7 Å². The van der Waals surface area contributed by atoms with Crippen molar-refractivity contribution in [2.24, 2.45) is 11.7 Å². The molecule has 6 heteroatoms. The predicted octanol–water partition coefficient (Wildman–Crippen LogP) is 3.33. The fraction of sp³-hybridized carbons (Fsp3) is 0.348. The summed E-state index contributed by atoms with van der Waals surface area (Å²) in [7, 11) is 0. The highest BCUT2D eigenvalue weighted by Crippen LogP contribution is 2.34. The molecule has 0 saturated heterocycles. The third kappa shape index (κ3) is 3.88. The molecule has 0 bridgehead atoms. The van der Waals surface area contributed by atoms with Crippen LogP contribution in [0, 0.1) is 5.92 Å². The highest BCUT2D eigenvalue weighted by molar-refractivity contribution is 6.03. The molecule has 150 valence electrons. The van der Waals surface area contributed by atoms with Crippen molar-refractivity contribution < 1.29 is 14.4 Å². The van der Waals surface area contributed by atoms with Gasteiger partial charge in [-0.2, -0.15) is 0 Å². The van der Waals surface area contributed by atoms with Gasteiger partial charge in [-0.1, -0.05) is 37.5 Å². The lowest BCUT2D eigenvalue weighted by atomic mass is 9.82. The van der Waals surface area contributed by atoms with Gasteiger partial charge in [0.15, 0.2) is 0 Å². The Morgan fingerprint density at radius 1 is 0.931 bits per heavy atom. The van der Waals surface area contributed by atoms with E-state index < -0.39 is 11.9 Å². The summed E-state index contributed by atoms with van der Waals surface area (Å²) in [6, 6.07) is 13.4. The van der Waals surface area contributed by atoms with E-state index in [2.05, 4.69) is 5.32 Å². The van der Waals surface area contributed by atoms with Gasteiger partial charge < -0.3 is 16.0 Å². The molecule has 1 saturated carbocycles. The summed E-state index contributed by atoms with van der Waals surface area (Å²) in [5, 5.41) is 3.04. The number of hydrogen-bond acceptors (Lipinski definition) is 3. The molecule has 1 aliphatic carbocycles. The first-order chi connectivity index (χ1) is 14.0. The number of rotatable bonds is 3. The van der Waals surface area contributed by atoms with Gasteiger partial charge in [0.2, 0.25) is 11.8 Å². The monoisotopic (exact) mass is 391 g/mol. The fourth-order valence-corrected chi connectivity index (χ4v) is 4.47. The average molecular weight is 391 g/mol. The zero-order valence-corrected chi connectivity index (χ0v) is 16.3. The second kappa shape index (κ2) is 8.07. The lowest BCUT2D eigenvalue weighted by Gasteiger charge is -2.36. The van der Waals surface area contributed by atoms with E-state index in [1.165, 1.54) is 6.42 Å². The summed E-state index contributed by atoms with van der Waals surface area (Å²) in [5.41, 5.74) is 7.79. The molecule has 6 nitrogen and oxygen atoms in total. The van der Waals surface area contributed by atoms with Gasteiger partial charge in [0.05, 0.1) is 0 Å². The summed E-state index contributed by atoms with van der Waals surface area (Å²) in [5.74, 6) is -0.716. The summed E-state index contributed by atoms with van der Waals surface area (Å²) >= 11 is 0. The summed E-state index contributed by atoms with van der Waals surface area (Å²) in [6.45, 7) is 0.368. The van der Waals surface area contributed by atoms with Crippen molar-refractivity contribution in [3.8, 4) is 0 Å². The van der Waals surface area contributed by atoms with Crippen molar-refractivity contribution in [1.29, 1.82) is 0 Å². The van der Waals surface area contributed by atoms with Gasteiger partial charge in [0.25, 0.3) is 5.91 Å². The minimum atomic E-state index is -0.535. The second-order valence-electron chi connectivity index (χ2n) is 7.86. The van der Waals surface area contributed by atoms with Crippen LogP contribution in [0.4, 0.5) is 5.69 Å². The third-order valence-corrected chi connectivity index (χ3v) is 5.99. The Morgan fingerprint density at radius 2 is 1.59 bits per heavy atom. The Kier molecular flexibility index (Phi) is 5.34. The van der Waals surface area contributed by atoms with E-state index in [9.17, 15) is 14.4 Å². The number of carbonyl (C=O) groups is 3. The number of anilines is 1. The maximum Gasteiger partial charge on any atom is 0.254 e. The van der Waals surface area contributed by atoms with Gasteiger partial charge in [-0.25, -0.2) is 0 Å². The van der Waals surface area contributed by atoms with Crippen molar-refractivity contribution in [2.75, 3.05) is 5.32 Å². The zero-order valence-electron chi connectivity index (χ0n) is 16.3. The van der Waals surface area contributed by atoms with E-state index in [0.717, 1.165) is 36.9 Å². The molecule has 1 atom stereocenters. The highest BCUT2D eigenvalue weighted by atomic mass is 16.2. The van der Waals surface area contributed by atoms with E-state index in [1.807, 2.05) is 24.3 Å². The van der Waals surface area contributed by atoms with Gasteiger partial charge in [-0.05, 0) is 54.7 Å². The fourth-order valence-electron chi connectivity index (χ4n) is 4.47. The Hall–Kier alpha value is -3.15. The summed E-state index contributed by atoms with van der Waals surface area (Å²) in [4.78, 5) is 39.7. The summed E-state index contributed by atoms with van der Waals surface area (Å²) in [6.07, 6.45) is 5.22. The van der Waals surface area contributed by atoms with Crippen LogP contribution in [-0.2, 0) is 11.3 Å². The standard InChI is InChI=1S/C23H25N3O3/c24-21(27)16-10-12-17(13-11-16)23(29)26-14-18-8-4-5-9-19(18)25-22(28)20(26)15-6-2-1-3-7-15/h4-5,8-13,15,20H,1-3,6-7,14H2,(H2,24,27)(H,25,28). The largest absolute Gasteiger partial charge is 0.366 e. The van der Waals surface area contributed by atoms with Crippen LogP contribution in [0.3, 0.4) is 0 Å². The van der Waals surface area contributed by atoms with Crippen molar-refractivity contribution in [1.82, 2.24) is 4.90 Å². The number of fused-ring (bicyclic) bond motifs is 1. The van der Waals surface area contributed by atoms with Crippen molar-refractivity contribution >= 4 is 23.4 Å². The molecule has 0 aromatic heterocycles. The second-order valence-corrected chi connectivity index (χ2v) is 7.86. The van der Waals surface area contributed by atoms with E-state index in [1.54, 1.807) is 29.2 Å². The number of nitrogens with zero attached hydrogens (tertiary/aromatic N) is 1. The van der Waals surface area contributed by atoms with Crippen LogP contribution in [0.15, 0.2) is 48.5 Å². The molecular formula is C23H25N3O3. The molecular weight excluding hydrogens is 366 g/mol. The molecule has 0 radical (unpaired) electrons. The molecule has 29 heavy (non-hydrogen) atoms. The molecule has 4 rings (SSSR count). The van der Waals surface area contributed by atoms with Crippen LogP contribution in [0.5, 0.6) is 0 Å². The lowest BCUT2D eigenvalue weighted by molar-refractivity contribution is -0.122. The number of carbonyl (C=O) groups excluding carboxylic acids is 3. The van der Waals surface area contributed by atoms with Crippen molar-refractivity contribution in [3.05, 3.63) is 65.2 Å². The number of hydrogen-bond donors (Lipinski definition) is 2.